The number of amides is 1. The van der Waals surface area contributed by atoms with Crippen molar-refractivity contribution < 1.29 is 4.79 Å². The predicted molar refractivity (Wildman–Crippen MR) is 131 cm³/mol. The van der Waals surface area contributed by atoms with E-state index in [0.717, 1.165) is 11.1 Å². The quantitative estimate of drug-likeness (QED) is 0.235. The lowest BCUT2D eigenvalue weighted by molar-refractivity contribution is -0.116. The molecule has 4 rings (SSSR count). The van der Waals surface area contributed by atoms with Gasteiger partial charge in [-0.3, -0.25) is 19.1 Å². The van der Waals surface area contributed by atoms with Crippen LogP contribution in [0.4, 0.5) is 5.69 Å². The Bertz CT molecular complexity index is 1380. The van der Waals surface area contributed by atoms with Gasteiger partial charge in [0.2, 0.25) is 5.91 Å². The minimum absolute atomic E-state index is 0.0508. The first kappa shape index (κ1) is 22.3. The number of carbonyl (C=O) groups excluding carboxylic acids is 1. The Labute approximate surface area is 196 Å². The zero-order chi connectivity index (χ0) is 23.2. The highest BCUT2D eigenvalue weighted by atomic mass is 32.2. The molecule has 3 aromatic carbocycles. The van der Waals surface area contributed by atoms with E-state index in [2.05, 4.69) is 11.1 Å². The van der Waals surface area contributed by atoms with Crippen molar-refractivity contribution in [3.05, 3.63) is 100 Å². The number of anilines is 1. The molecule has 1 amide bonds. The Balaban J connectivity index is 1.66. The average molecular weight is 455 g/mol. The Morgan fingerprint density at radius 3 is 2.45 bits per heavy atom. The monoisotopic (exact) mass is 454 g/mol. The molecule has 0 aliphatic heterocycles. The van der Waals surface area contributed by atoms with E-state index in [1.54, 1.807) is 28.8 Å². The second kappa shape index (κ2) is 10.2. The fourth-order valence-corrected chi connectivity index (χ4v) is 4.35. The summed E-state index contributed by atoms with van der Waals surface area (Å²) in [6.07, 6.45) is 0. The van der Waals surface area contributed by atoms with Gasteiger partial charge in [-0.1, -0.05) is 71.9 Å². The Hall–Kier alpha value is -3.89. The van der Waals surface area contributed by atoms with Crippen molar-refractivity contribution in [1.29, 1.82) is 5.26 Å². The number of fused-ring (bicyclic) bond motifs is 1. The fourth-order valence-electron chi connectivity index (χ4n) is 3.48. The maximum Gasteiger partial charge on any atom is 0.262 e. The third-order valence-corrected chi connectivity index (χ3v) is 6.17. The van der Waals surface area contributed by atoms with E-state index >= 15 is 0 Å². The number of nitrogens with zero attached hydrogens (tertiary/aromatic N) is 4. The van der Waals surface area contributed by atoms with Crippen LogP contribution in [0, 0.1) is 18.3 Å². The molecule has 164 valence electrons. The van der Waals surface area contributed by atoms with Crippen LogP contribution in [0.2, 0.25) is 0 Å². The summed E-state index contributed by atoms with van der Waals surface area (Å²) in [7, 11) is 0. The molecule has 0 unspecified atom stereocenters. The van der Waals surface area contributed by atoms with Crippen LogP contribution < -0.4 is 10.5 Å². The molecule has 0 bridgehead atoms. The van der Waals surface area contributed by atoms with E-state index < -0.39 is 0 Å². The molecule has 0 atom stereocenters. The number of hydrogen-bond donors (Lipinski definition) is 0. The van der Waals surface area contributed by atoms with E-state index in [0.29, 0.717) is 28.3 Å². The lowest BCUT2D eigenvalue weighted by Gasteiger charge is -2.20. The molecular weight excluding hydrogens is 432 g/mol. The zero-order valence-electron chi connectivity index (χ0n) is 18.1. The molecule has 0 fully saturated rings. The van der Waals surface area contributed by atoms with Crippen molar-refractivity contribution in [2.45, 2.75) is 18.6 Å². The molecule has 1 aromatic heterocycles. The molecule has 0 saturated heterocycles. The van der Waals surface area contributed by atoms with Crippen LogP contribution >= 0.6 is 11.8 Å². The summed E-state index contributed by atoms with van der Waals surface area (Å²) in [6.45, 7) is 2.32. The summed E-state index contributed by atoms with van der Waals surface area (Å²) >= 11 is 1.21. The minimum atomic E-state index is -0.225. The second-order valence-corrected chi connectivity index (χ2v) is 8.49. The summed E-state index contributed by atoms with van der Waals surface area (Å²) in [5, 5.41) is 10.2. The van der Waals surface area contributed by atoms with Crippen LogP contribution in [-0.4, -0.2) is 27.8 Å². The van der Waals surface area contributed by atoms with Crippen molar-refractivity contribution in [3.8, 4) is 6.07 Å². The van der Waals surface area contributed by atoms with Crippen molar-refractivity contribution in [2.75, 3.05) is 17.2 Å². The van der Waals surface area contributed by atoms with Gasteiger partial charge in [0.05, 0.1) is 29.3 Å². The van der Waals surface area contributed by atoms with Gasteiger partial charge in [-0.25, -0.2) is 4.98 Å². The lowest BCUT2D eigenvalue weighted by Crippen LogP contribution is -2.33. The standard InChI is InChI=1S/C26H22N4O2S/c1-19-11-13-20(14-12-19)17-30-25(32)22-9-5-6-10-23(22)28-26(30)33-18-24(31)29(16-15-27)21-7-3-2-4-8-21/h2-14H,16-18H2,1H3. The van der Waals surface area contributed by atoms with Gasteiger partial charge in [0.1, 0.15) is 6.54 Å². The molecule has 7 heteroatoms. The highest BCUT2D eigenvalue weighted by Gasteiger charge is 2.18. The van der Waals surface area contributed by atoms with Gasteiger partial charge in [0.25, 0.3) is 5.56 Å². The Morgan fingerprint density at radius 1 is 1.03 bits per heavy atom. The van der Waals surface area contributed by atoms with Crippen molar-refractivity contribution >= 4 is 34.3 Å². The Kier molecular flexibility index (Phi) is 6.86. The summed E-state index contributed by atoms with van der Waals surface area (Å²) < 4.78 is 1.61. The van der Waals surface area contributed by atoms with Crippen LogP contribution in [0.25, 0.3) is 10.9 Å². The van der Waals surface area contributed by atoms with Gasteiger partial charge in [-0.15, -0.1) is 0 Å². The average Bonchev–Trinajstić information content (AvgIpc) is 2.85. The normalized spacial score (nSPS) is 10.7. The molecule has 0 radical (unpaired) electrons. The smallest absolute Gasteiger partial charge is 0.262 e. The van der Waals surface area contributed by atoms with E-state index in [1.807, 2.05) is 61.5 Å². The summed E-state index contributed by atoms with van der Waals surface area (Å²) in [5.41, 5.74) is 3.22. The topological polar surface area (TPSA) is 79.0 Å². The molecule has 0 spiro atoms. The number of aromatic nitrogens is 2. The largest absolute Gasteiger partial charge is 0.298 e. The summed E-state index contributed by atoms with van der Waals surface area (Å²) in [6, 6.07) is 26.3. The van der Waals surface area contributed by atoms with Crippen LogP contribution in [0.15, 0.2) is 88.8 Å². The van der Waals surface area contributed by atoms with Crippen molar-refractivity contribution in [3.63, 3.8) is 0 Å². The second-order valence-electron chi connectivity index (χ2n) is 7.55. The highest BCUT2D eigenvalue weighted by Crippen LogP contribution is 2.21. The number of carbonyl (C=O) groups is 1. The number of thioether (sulfide) groups is 1. The van der Waals surface area contributed by atoms with Crippen LogP contribution in [-0.2, 0) is 11.3 Å². The fraction of sp³-hybridized carbons (Fsp3) is 0.154. The summed E-state index contributed by atoms with van der Waals surface area (Å²) in [4.78, 5) is 32.4. The molecule has 0 aliphatic rings. The maximum absolute atomic E-state index is 13.3. The van der Waals surface area contributed by atoms with Gasteiger partial charge < -0.3 is 0 Å². The van der Waals surface area contributed by atoms with E-state index in [-0.39, 0.29) is 23.8 Å². The number of aryl methyl sites for hydroxylation is 1. The van der Waals surface area contributed by atoms with E-state index in [1.165, 1.54) is 16.7 Å². The SMILES string of the molecule is Cc1ccc(Cn2c(SCC(=O)N(CC#N)c3ccccc3)nc3ccccc3c2=O)cc1. The third kappa shape index (κ3) is 5.13. The number of benzene rings is 3. The molecule has 4 aromatic rings. The zero-order valence-corrected chi connectivity index (χ0v) is 19.0. The Morgan fingerprint density at radius 2 is 1.73 bits per heavy atom. The van der Waals surface area contributed by atoms with Crippen LogP contribution in [0.1, 0.15) is 11.1 Å². The molecule has 33 heavy (non-hydrogen) atoms. The number of nitriles is 1. The van der Waals surface area contributed by atoms with Crippen LogP contribution in [0.5, 0.6) is 0 Å². The molecule has 0 saturated carbocycles. The highest BCUT2D eigenvalue weighted by molar-refractivity contribution is 7.99. The summed E-state index contributed by atoms with van der Waals surface area (Å²) in [5.74, 6) is -0.174. The van der Waals surface area contributed by atoms with Crippen LogP contribution in [0.3, 0.4) is 0 Å². The van der Waals surface area contributed by atoms with Crippen molar-refractivity contribution in [1.82, 2.24) is 9.55 Å². The minimum Gasteiger partial charge on any atom is -0.298 e. The maximum atomic E-state index is 13.3. The molecular formula is C26H22N4O2S. The first-order valence-electron chi connectivity index (χ1n) is 10.5. The molecule has 0 N–H and O–H groups in total. The van der Waals surface area contributed by atoms with Gasteiger partial charge in [-0.2, -0.15) is 5.26 Å². The number of rotatable bonds is 7. The third-order valence-electron chi connectivity index (χ3n) is 5.21. The van der Waals surface area contributed by atoms with Gasteiger partial charge in [-0.05, 0) is 36.8 Å². The molecule has 6 nitrogen and oxygen atoms in total. The first-order chi connectivity index (χ1) is 16.1. The van der Waals surface area contributed by atoms with Gasteiger partial charge >= 0.3 is 0 Å². The van der Waals surface area contributed by atoms with Gasteiger partial charge in [0.15, 0.2) is 5.16 Å². The van der Waals surface area contributed by atoms with Crippen molar-refractivity contribution in [2.24, 2.45) is 0 Å². The number of hydrogen-bond acceptors (Lipinski definition) is 5. The van der Waals surface area contributed by atoms with E-state index in [9.17, 15) is 14.9 Å². The van der Waals surface area contributed by atoms with Gasteiger partial charge in [0, 0.05) is 5.69 Å². The predicted octanol–water partition coefficient (Wildman–Crippen LogP) is 4.40. The van der Waals surface area contributed by atoms with E-state index in [4.69, 9.17) is 0 Å². The molecule has 0 aliphatic carbocycles. The molecule has 1 heterocycles. The number of para-hydroxylation sites is 2. The first-order valence-corrected chi connectivity index (χ1v) is 11.5. The lowest BCUT2D eigenvalue weighted by atomic mass is 10.1.